The minimum absolute atomic E-state index is 0.0393. The number of aliphatic hydroxyl groups is 7. The van der Waals surface area contributed by atoms with Crippen LogP contribution in [0.15, 0.2) is 36.5 Å². The van der Waals surface area contributed by atoms with Gasteiger partial charge in [-0.3, -0.25) is 23.2 Å². The number of hydrogen-bond donors (Lipinski definition) is 10. The van der Waals surface area contributed by atoms with Crippen LogP contribution in [0, 0.1) is 11.8 Å². The van der Waals surface area contributed by atoms with Crippen LogP contribution in [-0.4, -0.2) is 137 Å². The summed E-state index contributed by atoms with van der Waals surface area (Å²) < 4.78 is 52.2. The lowest BCUT2D eigenvalue weighted by Gasteiger charge is -2.38. The summed E-state index contributed by atoms with van der Waals surface area (Å²) >= 11 is 0. The second-order valence-electron chi connectivity index (χ2n) is 17.4. The number of carbonyl (C=O) groups is 2. The number of aliphatic hydroxyl groups excluding tert-OH is 7. The second-order valence-corrected chi connectivity index (χ2v) is 20.0. The molecule has 0 saturated heterocycles. The largest absolute Gasteiger partial charge is 0.472 e. The molecule has 66 heavy (non-hydrogen) atoms. The summed E-state index contributed by atoms with van der Waals surface area (Å²) in [6, 6.07) is 0. The van der Waals surface area contributed by atoms with Crippen molar-refractivity contribution < 1.29 is 92.2 Å². The van der Waals surface area contributed by atoms with E-state index in [2.05, 4.69) is 19.1 Å². The fourth-order valence-electron chi connectivity index (χ4n) is 7.89. The highest BCUT2D eigenvalue weighted by Gasteiger charge is 2.51. The monoisotopic (exact) mass is 986 g/mol. The van der Waals surface area contributed by atoms with Crippen LogP contribution in [0.3, 0.4) is 0 Å². The zero-order valence-electron chi connectivity index (χ0n) is 38.7. The van der Waals surface area contributed by atoms with Crippen molar-refractivity contribution in [1.29, 1.82) is 0 Å². The first-order valence-electron chi connectivity index (χ1n) is 23.8. The predicted molar refractivity (Wildman–Crippen MR) is 243 cm³/mol. The third-order valence-corrected chi connectivity index (χ3v) is 13.2. The molecule has 384 valence electrons. The van der Waals surface area contributed by atoms with Crippen molar-refractivity contribution in [1.82, 2.24) is 0 Å². The molecule has 10 N–H and O–H groups in total. The molecule has 1 saturated carbocycles. The minimum Gasteiger partial charge on any atom is -0.462 e. The Hall–Kier alpha value is -1.90. The maximum absolute atomic E-state index is 13.7. The highest BCUT2D eigenvalue weighted by atomic mass is 31.2. The first-order valence-corrected chi connectivity index (χ1v) is 26.8. The van der Waals surface area contributed by atoms with E-state index in [-0.39, 0.29) is 32.1 Å². The van der Waals surface area contributed by atoms with Crippen LogP contribution in [-0.2, 0) is 41.8 Å². The van der Waals surface area contributed by atoms with Crippen molar-refractivity contribution in [3.8, 4) is 0 Å². The molecular formula is C45H80O19P2. The van der Waals surface area contributed by atoms with E-state index in [0.29, 0.717) is 19.3 Å². The molecule has 1 unspecified atom stereocenters. The van der Waals surface area contributed by atoms with Gasteiger partial charge >= 0.3 is 27.6 Å². The van der Waals surface area contributed by atoms with Gasteiger partial charge in [-0.05, 0) is 57.8 Å². The van der Waals surface area contributed by atoms with Crippen molar-refractivity contribution in [2.75, 3.05) is 13.2 Å². The van der Waals surface area contributed by atoms with Gasteiger partial charge in [-0.15, -0.1) is 0 Å². The molecule has 1 aliphatic carbocycles. The van der Waals surface area contributed by atoms with Crippen molar-refractivity contribution in [2.24, 2.45) is 11.8 Å². The molecule has 2 aliphatic rings. The van der Waals surface area contributed by atoms with Crippen molar-refractivity contribution >= 4 is 27.6 Å². The third kappa shape index (κ3) is 24.6. The molecule has 2 rings (SSSR count). The summed E-state index contributed by atoms with van der Waals surface area (Å²) in [7, 11) is -11.4. The van der Waals surface area contributed by atoms with E-state index in [1.54, 1.807) is 6.08 Å². The number of phosphoric acid groups is 2. The standard InChI is InChI=1S/C45H80O19P2/c1-3-5-7-8-9-10-11-12-13-14-15-16-22-26-39(50)62-33-30-60-38(49)25-21-18-17-20-24-34-36(47)29-37(48)35(28-27-32(46)23-19-6-4-2)41(52)44(63-65(55,56)57)45(43(54)42(53)40(34)51)64-66(58,59)61-31-33/h10-11,17,20,27-28,32-37,40-48,51-54H,3-9,12-16,18-19,21-26,29-31H2,1-2H3,(H,58,59)(H2,55,56,57)/b11-10-,20-17+,28-27?/t32-,33+,34-,35-,36-,37+,40+,41+,42-,43+,44+,45-/m0/s1. The molecule has 1 heterocycles. The Kier molecular flexibility index (Phi) is 30.0. The molecule has 0 aromatic carbocycles. The highest BCUT2D eigenvalue weighted by Crippen LogP contribution is 2.49. The van der Waals surface area contributed by atoms with E-state index in [9.17, 15) is 69.1 Å². The van der Waals surface area contributed by atoms with E-state index in [4.69, 9.17) is 23.0 Å². The highest BCUT2D eigenvalue weighted by molar-refractivity contribution is 7.47. The lowest BCUT2D eigenvalue weighted by atomic mass is 9.83. The smallest absolute Gasteiger partial charge is 0.462 e. The van der Waals surface area contributed by atoms with E-state index in [1.807, 2.05) is 6.92 Å². The molecule has 1 fully saturated rings. The van der Waals surface area contributed by atoms with Gasteiger partial charge in [-0.25, -0.2) is 9.13 Å². The Bertz CT molecular complexity index is 1540. The molecule has 1 aliphatic heterocycles. The van der Waals surface area contributed by atoms with Gasteiger partial charge in [0.25, 0.3) is 0 Å². The van der Waals surface area contributed by atoms with Crippen molar-refractivity contribution in [3.05, 3.63) is 36.5 Å². The number of cyclic esters (lactones) is 1. The molecule has 0 aromatic rings. The van der Waals surface area contributed by atoms with Gasteiger partial charge in [0.2, 0.25) is 0 Å². The van der Waals surface area contributed by atoms with Gasteiger partial charge in [-0.2, -0.15) is 0 Å². The zero-order valence-corrected chi connectivity index (χ0v) is 40.5. The Balaban J connectivity index is 2.42. The summed E-state index contributed by atoms with van der Waals surface area (Å²) in [6.07, 6.45) is 1.82. The van der Waals surface area contributed by atoms with Gasteiger partial charge in [-0.1, -0.05) is 108 Å². The number of rotatable bonds is 22. The maximum atomic E-state index is 13.7. The minimum atomic E-state index is -5.77. The summed E-state index contributed by atoms with van der Waals surface area (Å²) in [5.41, 5.74) is 0. The molecule has 0 aromatic heterocycles. The Morgan fingerprint density at radius 3 is 2.15 bits per heavy atom. The van der Waals surface area contributed by atoms with Crippen LogP contribution >= 0.6 is 15.6 Å². The first-order chi connectivity index (χ1) is 31.3. The molecule has 2 bridgehead atoms. The Labute approximate surface area is 390 Å². The van der Waals surface area contributed by atoms with Gasteiger partial charge in [0.05, 0.1) is 37.1 Å². The number of esters is 2. The molecule has 13 atom stereocenters. The third-order valence-electron chi connectivity index (χ3n) is 11.7. The Morgan fingerprint density at radius 1 is 0.848 bits per heavy atom. The van der Waals surface area contributed by atoms with Crippen LogP contribution < -0.4 is 0 Å². The molecule has 0 spiro atoms. The van der Waals surface area contributed by atoms with Gasteiger partial charge in [0.15, 0.2) is 6.10 Å². The average molecular weight is 987 g/mol. The fourth-order valence-corrected chi connectivity index (χ4v) is 9.42. The fraction of sp³-hybridized carbons (Fsp3) is 0.822. The van der Waals surface area contributed by atoms with Gasteiger partial charge in [0.1, 0.15) is 31.0 Å². The lowest BCUT2D eigenvalue weighted by Crippen LogP contribution is -2.56. The maximum Gasteiger partial charge on any atom is 0.472 e. The van der Waals surface area contributed by atoms with Crippen LogP contribution in [0.1, 0.15) is 149 Å². The number of carbonyl (C=O) groups excluding carboxylic acids is 2. The van der Waals surface area contributed by atoms with Crippen LogP contribution in [0.5, 0.6) is 0 Å². The number of ether oxygens (including phenoxy) is 2. The van der Waals surface area contributed by atoms with Crippen LogP contribution in [0.4, 0.5) is 0 Å². The van der Waals surface area contributed by atoms with E-state index >= 15 is 0 Å². The summed E-state index contributed by atoms with van der Waals surface area (Å²) in [6.45, 7) is 2.53. The molecule has 0 radical (unpaired) electrons. The topological polar surface area (TPSA) is 317 Å². The van der Waals surface area contributed by atoms with E-state index < -0.39 is 120 Å². The van der Waals surface area contributed by atoms with E-state index in [1.165, 1.54) is 37.8 Å². The van der Waals surface area contributed by atoms with Crippen molar-refractivity contribution in [3.63, 3.8) is 0 Å². The normalized spacial score (nSPS) is 32.6. The second kappa shape index (κ2) is 32.8. The number of hydrogen-bond acceptors (Lipinski definition) is 16. The molecule has 0 amide bonds. The van der Waals surface area contributed by atoms with Crippen LogP contribution in [0.2, 0.25) is 0 Å². The summed E-state index contributed by atoms with van der Waals surface area (Å²) in [5, 5.41) is 79.7. The quantitative estimate of drug-likeness (QED) is 0.0292. The zero-order chi connectivity index (χ0) is 49.1. The lowest BCUT2D eigenvalue weighted by molar-refractivity contribution is -0.165. The number of allylic oxidation sites excluding steroid dienone is 4. The predicted octanol–water partition coefficient (Wildman–Crippen LogP) is 5.11. The van der Waals surface area contributed by atoms with Crippen LogP contribution in [0.25, 0.3) is 0 Å². The number of unbranched alkanes of at least 4 members (excludes halogenated alkanes) is 11. The first kappa shape index (κ1) is 60.2. The molecule has 19 nitrogen and oxygen atoms in total. The average Bonchev–Trinajstić information content (AvgIpc) is 3.25. The SMILES string of the molecule is CCCCCC/C=C\CCCCCCCC(=O)O[C@@H]1COC(=O)CCC/C=C/C[C@@H]2[C@@H](O)[C@H](O)[C@@H](O)[C@H](OP(=O)(O)OC1)[C@H](OP(=O)(O)O)[C@H](O)[C@@H](C=C[C@@H](O)CCCCC)[C@H](O)C[C@@H]2O. The number of phosphoric ester groups is 2. The summed E-state index contributed by atoms with van der Waals surface area (Å²) in [5.74, 6) is -4.53. The number of fused-ring (bicyclic) bond motifs is 4. The van der Waals surface area contributed by atoms with Gasteiger partial charge < -0.3 is 59.9 Å². The Morgan fingerprint density at radius 2 is 1.48 bits per heavy atom. The van der Waals surface area contributed by atoms with Crippen molar-refractivity contribution in [2.45, 2.75) is 210 Å². The summed E-state index contributed by atoms with van der Waals surface area (Å²) in [4.78, 5) is 56.7. The molecule has 21 heteroatoms. The molecular weight excluding hydrogens is 906 g/mol. The van der Waals surface area contributed by atoms with Gasteiger partial charge in [0, 0.05) is 31.1 Å². The van der Waals surface area contributed by atoms with E-state index in [0.717, 1.165) is 57.4 Å².